The van der Waals surface area contributed by atoms with E-state index >= 15 is 0 Å². The van der Waals surface area contributed by atoms with Gasteiger partial charge in [0.15, 0.2) is 0 Å². The van der Waals surface area contributed by atoms with Crippen LogP contribution in [0.5, 0.6) is 0 Å². The van der Waals surface area contributed by atoms with Gasteiger partial charge in [0.2, 0.25) is 4.34 Å². The molecule has 7 heteroatoms. The largest absolute Gasteiger partial charge is 0.272 e. The zero-order chi connectivity index (χ0) is 13.2. The van der Waals surface area contributed by atoms with Crippen LogP contribution in [0.4, 0.5) is 0 Å². The summed E-state index contributed by atoms with van der Waals surface area (Å²) < 4.78 is 25.7. The molecule has 0 spiro atoms. The molecule has 2 rings (SSSR count). The van der Waals surface area contributed by atoms with Gasteiger partial charge >= 0.3 is 0 Å². The molecule has 0 aliphatic rings. The van der Waals surface area contributed by atoms with E-state index in [1.807, 2.05) is 30.3 Å². The van der Waals surface area contributed by atoms with Gasteiger partial charge in [-0.25, -0.2) is 8.42 Å². The first-order valence-electron chi connectivity index (χ1n) is 5.30. The van der Waals surface area contributed by atoms with Crippen LogP contribution in [0.3, 0.4) is 0 Å². The molecule has 0 atom stereocenters. The number of hydrogen-bond donors (Lipinski definition) is 0. The molecule has 1 aromatic heterocycles. The molecule has 1 heterocycles. The van der Waals surface area contributed by atoms with Crippen molar-refractivity contribution in [3.63, 3.8) is 0 Å². The number of sulfonamides is 1. The van der Waals surface area contributed by atoms with Crippen molar-refractivity contribution in [2.24, 2.45) is 0 Å². The Hall–Kier alpha value is -1.31. The van der Waals surface area contributed by atoms with E-state index in [9.17, 15) is 8.42 Å². The summed E-state index contributed by atoms with van der Waals surface area (Å²) in [4.78, 5) is 0. The normalized spacial score (nSPS) is 11.9. The summed E-state index contributed by atoms with van der Waals surface area (Å²) in [7, 11) is -2.00. The first-order chi connectivity index (χ1) is 8.50. The third-order valence-corrected chi connectivity index (χ3v) is 5.37. The van der Waals surface area contributed by atoms with Crippen LogP contribution < -0.4 is 0 Å². The predicted molar refractivity (Wildman–Crippen MR) is 69.7 cm³/mol. The van der Waals surface area contributed by atoms with Crippen molar-refractivity contribution >= 4 is 21.4 Å². The van der Waals surface area contributed by atoms with E-state index in [4.69, 9.17) is 0 Å². The molecule has 18 heavy (non-hydrogen) atoms. The van der Waals surface area contributed by atoms with E-state index < -0.39 is 10.0 Å². The summed E-state index contributed by atoms with van der Waals surface area (Å²) in [5, 5.41) is 8.06. The average Bonchev–Trinajstić information content (AvgIpc) is 2.78. The lowest BCUT2D eigenvalue weighted by Gasteiger charge is -2.14. The van der Waals surface area contributed by atoms with Crippen LogP contribution >= 0.6 is 11.3 Å². The molecule has 2 aromatic rings. The van der Waals surface area contributed by atoms with Crippen LogP contribution in [0.25, 0.3) is 0 Å². The van der Waals surface area contributed by atoms with Gasteiger partial charge in [0.1, 0.15) is 5.01 Å². The Labute approximate surface area is 110 Å². The molecule has 5 nitrogen and oxygen atoms in total. The van der Waals surface area contributed by atoms with Crippen molar-refractivity contribution in [3.8, 4) is 0 Å². The fourth-order valence-corrected chi connectivity index (χ4v) is 3.75. The Morgan fingerprint density at radius 2 is 1.89 bits per heavy atom. The Balaban J connectivity index is 2.21. The molecule has 0 unspecified atom stereocenters. The summed E-state index contributed by atoms with van der Waals surface area (Å²) in [6, 6.07) is 9.43. The van der Waals surface area contributed by atoms with E-state index in [0.717, 1.165) is 16.9 Å². The number of aryl methyl sites for hydroxylation is 1. The summed E-state index contributed by atoms with van der Waals surface area (Å²) in [6.45, 7) is 2.05. The van der Waals surface area contributed by atoms with Gasteiger partial charge in [0.25, 0.3) is 10.0 Å². The molecule has 96 valence electrons. The fourth-order valence-electron chi connectivity index (χ4n) is 1.44. The maximum absolute atomic E-state index is 12.2. The topological polar surface area (TPSA) is 63.2 Å². The van der Waals surface area contributed by atoms with E-state index in [2.05, 4.69) is 10.2 Å². The molecule has 0 aliphatic carbocycles. The Morgan fingerprint density at radius 1 is 1.22 bits per heavy atom. The highest BCUT2D eigenvalue weighted by Crippen LogP contribution is 2.19. The van der Waals surface area contributed by atoms with Crippen LogP contribution in [-0.4, -0.2) is 30.0 Å². The standard InChI is InChI=1S/C11H13N3O2S2/c1-9-12-13-11(17-9)18(15,16)14(2)8-10-6-4-3-5-7-10/h3-7H,8H2,1-2H3. The van der Waals surface area contributed by atoms with E-state index in [-0.39, 0.29) is 4.34 Å². The van der Waals surface area contributed by atoms with Gasteiger partial charge in [-0.3, -0.25) is 0 Å². The first kappa shape index (κ1) is 13.1. The Morgan fingerprint density at radius 3 is 2.44 bits per heavy atom. The van der Waals surface area contributed by atoms with Crippen LogP contribution in [0.15, 0.2) is 34.7 Å². The molecule has 0 amide bonds. The summed E-state index contributed by atoms with van der Waals surface area (Å²) in [5.74, 6) is 0. The fraction of sp³-hybridized carbons (Fsp3) is 0.273. The molecular formula is C11H13N3O2S2. The van der Waals surface area contributed by atoms with E-state index in [0.29, 0.717) is 11.6 Å². The molecule has 0 saturated carbocycles. The molecule has 0 radical (unpaired) electrons. The Kier molecular flexibility index (Phi) is 3.74. The van der Waals surface area contributed by atoms with Gasteiger partial charge in [-0.2, -0.15) is 4.31 Å². The highest BCUT2D eigenvalue weighted by Gasteiger charge is 2.24. The van der Waals surface area contributed by atoms with Crippen molar-refractivity contribution in [3.05, 3.63) is 40.9 Å². The van der Waals surface area contributed by atoms with Gasteiger partial charge in [0.05, 0.1) is 0 Å². The lowest BCUT2D eigenvalue weighted by atomic mass is 10.2. The number of benzene rings is 1. The summed E-state index contributed by atoms with van der Waals surface area (Å²) in [6.07, 6.45) is 0. The van der Waals surface area contributed by atoms with Crippen LogP contribution in [0.1, 0.15) is 10.6 Å². The Bertz CT molecular complexity index is 623. The smallest absolute Gasteiger partial charge is 0.204 e. The average molecular weight is 283 g/mol. The van der Waals surface area contributed by atoms with Gasteiger partial charge in [-0.1, -0.05) is 41.7 Å². The third kappa shape index (κ3) is 2.74. The molecular weight excluding hydrogens is 270 g/mol. The molecule has 1 aromatic carbocycles. The van der Waals surface area contributed by atoms with Crippen molar-refractivity contribution in [2.75, 3.05) is 7.05 Å². The lowest BCUT2D eigenvalue weighted by molar-refractivity contribution is 0.465. The highest BCUT2D eigenvalue weighted by atomic mass is 32.2. The summed E-state index contributed by atoms with van der Waals surface area (Å²) in [5.41, 5.74) is 0.935. The first-order valence-corrected chi connectivity index (χ1v) is 7.56. The monoisotopic (exact) mass is 283 g/mol. The van der Waals surface area contributed by atoms with E-state index in [1.165, 1.54) is 4.31 Å². The third-order valence-electron chi connectivity index (χ3n) is 2.39. The molecule has 0 saturated heterocycles. The molecule has 0 fully saturated rings. The van der Waals surface area contributed by atoms with Gasteiger partial charge in [0, 0.05) is 13.6 Å². The van der Waals surface area contributed by atoms with Gasteiger partial charge in [-0.05, 0) is 12.5 Å². The second kappa shape index (κ2) is 5.13. The van der Waals surface area contributed by atoms with E-state index in [1.54, 1.807) is 14.0 Å². The van der Waals surface area contributed by atoms with Crippen molar-refractivity contribution in [1.82, 2.24) is 14.5 Å². The molecule has 0 aliphatic heterocycles. The van der Waals surface area contributed by atoms with Gasteiger partial charge < -0.3 is 0 Å². The quantitative estimate of drug-likeness (QED) is 0.856. The van der Waals surface area contributed by atoms with Crippen molar-refractivity contribution < 1.29 is 8.42 Å². The second-order valence-corrected chi connectivity index (χ2v) is 7.23. The minimum absolute atomic E-state index is 0.0402. The van der Waals surface area contributed by atoms with Gasteiger partial charge in [-0.15, -0.1) is 10.2 Å². The summed E-state index contributed by atoms with van der Waals surface area (Å²) >= 11 is 1.08. The number of nitrogens with zero attached hydrogens (tertiary/aromatic N) is 3. The van der Waals surface area contributed by atoms with Crippen molar-refractivity contribution in [1.29, 1.82) is 0 Å². The predicted octanol–water partition coefficient (Wildman–Crippen LogP) is 1.67. The number of hydrogen-bond acceptors (Lipinski definition) is 5. The van der Waals surface area contributed by atoms with Crippen LogP contribution in [0, 0.1) is 6.92 Å². The van der Waals surface area contributed by atoms with Crippen LogP contribution in [0.2, 0.25) is 0 Å². The SMILES string of the molecule is Cc1nnc(S(=O)(=O)N(C)Cc2ccccc2)s1. The number of rotatable bonds is 4. The lowest BCUT2D eigenvalue weighted by Crippen LogP contribution is -2.26. The zero-order valence-electron chi connectivity index (χ0n) is 10.1. The second-order valence-electron chi connectivity index (χ2n) is 3.83. The minimum atomic E-state index is -3.54. The highest BCUT2D eigenvalue weighted by molar-refractivity contribution is 7.91. The maximum Gasteiger partial charge on any atom is 0.272 e. The maximum atomic E-state index is 12.2. The van der Waals surface area contributed by atoms with Crippen LogP contribution in [-0.2, 0) is 16.6 Å². The number of aromatic nitrogens is 2. The van der Waals surface area contributed by atoms with Crippen molar-refractivity contribution in [2.45, 2.75) is 17.8 Å². The zero-order valence-corrected chi connectivity index (χ0v) is 11.7. The molecule has 0 N–H and O–H groups in total. The molecule has 0 bridgehead atoms. The minimum Gasteiger partial charge on any atom is -0.204 e.